The first-order valence-electron chi connectivity index (χ1n) is 3.37. The van der Waals surface area contributed by atoms with Crippen LogP contribution in [0.5, 0.6) is 0 Å². The Kier molecular flexibility index (Phi) is 2.24. The van der Waals surface area contributed by atoms with Crippen molar-refractivity contribution in [3.63, 3.8) is 0 Å². The van der Waals surface area contributed by atoms with Crippen molar-refractivity contribution in [1.29, 1.82) is 0 Å². The molecule has 0 aromatic rings. The minimum atomic E-state index is -0.329. The van der Waals surface area contributed by atoms with Gasteiger partial charge in [0.25, 0.3) is 5.91 Å². The third-order valence-corrected chi connectivity index (χ3v) is 1.79. The zero-order valence-electron chi connectivity index (χ0n) is 5.96. The summed E-state index contributed by atoms with van der Waals surface area (Å²) in [5, 5.41) is 0. The Hall–Kier alpha value is -0.610. The molecular weight excluding hydrogens is 132 g/mol. The van der Waals surface area contributed by atoms with E-state index in [-0.39, 0.29) is 12.0 Å². The van der Waals surface area contributed by atoms with Gasteiger partial charge in [0, 0.05) is 6.61 Å². The third kappa shape index (κ3) is 1.27. The lowest BCUT2D eigenvalue weighted by atomic mass is 10.0. The fourth-order valence-corrected chi connectivity index (χ4v) is 1.11. The van der Waals surface area contributed by atoms with Crippen LogP contribution in [0.3, 0.4) is 0 Å². The van der Waals surface area contributed by atoms with E-state index in [1.807, 2.05) is 6.92 Å². The first kappa shape index (κ1) is 7.50. The highest BCUT2D eigenvalue weighted by Gasteiger charge is 2.29. The van der Waals surface area contributed by atoms with Crippen molar-refractivity contribution in [2.24, 2.45) is 11.8 Å². The Bertz CT molecular complexity index is 138. The molecule has 1 aliphatic rings. The van der Waals surface area contributed by atoms with Crippen molar-refractivity contribution in [3.8, 4) is 0 Å². The van der Waals surface area contributed by atoms with E-state index in [1.165, 1.54) is 0 Å². The average molecular weight is 144 g/mol. The van der Waals surface area contributed by atoms with E-state index in [2.05, 4.69) is 5.43 Å². The van der Waals surface area contributed by atoms with Crippen LogP contribution in [-0.2, 0) is 9.53 Å². The topological polar surface area (TPSA) is 64.3 Å². The van der Waals surface area contributed by atoms with Crippen molar-refractivity contribution in [2.45, 2.75) is 19.4 Å². The summed E-state index contributed by atoms with van der Waals surface area (Å²) in [6, 6.07) is 0. The summed E-state index contributed by atoms with van der Waals surface area (Å²) < 4.78 is 5.13. The second-order valence-electron chi connectivity index (χ2n) is 2.57. The predicted molar refractivity (Wildman–Crippen MR) is 35.9 cm³/mol. The molecule has 1 amide bonds. The molecule has 1 saturated heterocycles. The van der Waals surface area contributed by atoms with Gasteiger partial charge in [-0.15, -0.1) is 0 Å². The maximum Gasteiger partial charge on any atom is 0.263 e. The van der Waals surface area contributed by atoms with Crippen LogP contribution in [0.4, 0.5) is 0 Å². The van der Waals surface area contributed by atoms with Gasteiger partial charge in [-0.2, -0.15) is 0 Å². The standard InChI is InChI=1S/C6H12N2O2/c1-4-2-3-10-5(4)6(9)8-7/h4-5H,2-3,7H2,1H3,(H,8,9)/t4-,5-/m0/s1. The first-order chi connectivity index (χ1) is 4.75. The molecule has 10 heavy (non-hydrogen) atoms. The highest BCUT2D eigenvalue weighted by atomic mass is 16.5. The monoisotopic (exact) mass is 144 g/mol. The summed E-state index contributed by atoms with van der Waals surface area (Å²) in [5.74, 6) is 5.01. The van der Waals surface area contributed by atoms with E-state index in [9.17, 15) is 4.79 Å². The van der Waals surface area contributed by atoms with E-state index in [0.717, 1.165) is 6.42 Å². The number of hydrogen-bond donors (Lipinski definition) is 2. The van der Waals surface area contributed by atoms with Gasteiger partial charge in [0.1, 0.15) is 6.10 Å². The molecule has 0 radical (unpaired) electrons. The minimum Gasteiger partial charge on any atom is -0.368 e. The van der Waals surface area contributed by atoms with Crippen LogP contribution in [0, 0.1) is 5.92 Å². The normalized spacial score (nSPS) is 32.2. The van der Waals surface area contributed by atoms with Crippen LogP contribution in [0.1, 0.15) is 13.3 Å². The molecule has 2 atom stereocenters. The molecule has 0 aliphatic carbocycles. The number of rotatable bonds is 1. The maximum atomic E-state index is 10.9. The summed E-state index contributed by atoms with van der Waals surface area (Å²) >= 11 is 0. The molecule has 0 aromatic heterocycles. The Morgan fingerprint density at radius 2 is 2.50 bits per heavy atom. The van der Waals surface area contributed by atoms with Gasteiger partial charge in [-0.1, -0.05) is 6.92 Å². The highest BCUT2D eigenvalue weighted by Crippen LogP contribution is 2.19. The van der Waals surface area contributed by atoms with E-state index >= 15 is 0 Å². The highest BCUT2D eigenvalue weighted by molar-refractivity contribution is 5.80. The Morgan fingerprint density at radius 3 is 2.90 bits per heavy atom. The van der Waals surface area contributed by atoms with Crippen molar-refractivity contribution >= 4 is 5.91 Å². The number of nitrogens with one attached hydrogen (secondary N) is 1. The van der Waals surface area contributed by atoms with E-state index in [4.69, 9.17) is 10.6 Å². The van der Waals surface area contributed by atoms with Crippen LogP contribution in [0.15, 0.2) is 0 Å². The van der Waals surface area contributed by atoms with Crippen LogP contribution in [-0.4, -0.2) is 18.6 Å². The summed E-state index contributed by atoms with van der Waals surface area (Å²) in [7, 11) is 0. The molecule has 3 N–H and O–H groups in total. The van der Waals surface area contributed by atoms with E-state index in [0.29, 0.717) is 12.5 Å². The molecule has 0 bridgehead atoms. The van der Waals surface area contributed by atoms with Gasteiger partial charge in [0.05, 0.1) is 0 Å². The molecule has 1 heterocycles. The molecule has 0 unspecified atom stereocenters. The van der Waals surface area contributed by atoms with Crippen molar-refractivity contribution < 1.29 is 9.53 Å². The van der Waals surface area contributed by atoms with Gasteiger partial charge in [-0.25, -0.2) is 5.84 Å². The second-order valence-corrected chi connectivity index (χ2v) is 2.57. The predicted octanol–water partition coefficient (Wildman–Crippen LogP) is -0.599. The summed E-state index contributed by atoms with van der Waals surface area (Å²) in [5.41, 5.74) is 2.07. The fraction of sp³-hybridized carbons (Fsp3) is 0.833. The molecule has 1 rings (SSSR count). The third-order valence-electron chi connectivity index (χ3n) is 1.79. The number of hydrazine groups is 1. The summed E-state index contributed by atoms with van der Waals surface area (Å²) in [6.45, 7) is 2.64. The average Bonchev–Trinajstić information content (AvgIpc) is 2.34. The quantitative estimate of drug-likeness (QED) is 0.293. The Morgan fingerprint density at radius 1 is 1.80 bits per heavy atom. The van der Waals surface area contributed by atoms with E-state index in [1.54, 1.807) is 0 Å². The Labute approximate surface area is 59.7 Å². The van der Waals surface area contributed by atoms with Gasteiger partial charge in [-0.05, 0) is 12.3 Å². The van der Waals surface area contributed by atoms with Crippen molar-refractivity contribution in [3.05, 3.63) is 0 Å². The lowest BCUT2D eigenvalue weighted by Gasteiger charge is -2.11. The van der Waals surface area contributed by atoms with Crippen LogP contribution in [0.25, 0.3) is 0 Å². The van der Waals surface area contributed by atoms with Crippen LogP contribution in [0.2, 0.25) is 0 Å². The zero-order chi connectivity index (χ0) is 7.56. The number of amides is 1. The number of carbonyl (C=O) groups excluding carboxylic acids is 1. The number of nitrogens with two attached hydrogens (primary N) is 1. The van der Waals surface area contributed by atoms with Gasteiger partial charge >= 0.3 is 0 Å². The molecule has 0 saturated carbocycles. The van der Waals surface area contributed by atoms with Crippen LogP contribution >= 0.6 is 0 Å². The largest absolute Gasteiger partial charge is 0.368 e. The summed E-state index contributed by atoms with van der Waals surface area (Å²) in [6.07, 6.45) is 0.614. The van der Waals surface area contributed by atoms with Crippen molar-refractivity contribution in [1.82, 2.24) is 5.43 Å². The molecule has 1 aliphatic heterocycles. The number of carbonyl (C=O) groups is 1. The SMILES string of the molecule is C[C@H]1CCO[C@@H]1C(=O)NN. The second kappa shape index (κ2) is 2.98. The molecule has 1 fully saturated rings. The number of ether oxygens (including phenoxy) is 1. The van der Waals surface area contributed by atoms with Gasteiger partial charge in [-0.3, -0.25) is 10.2 Å². The lowest BCUT2D eigenvalue weighted by Crippen LogP contribution is -2.41. The molecule has 0 spiro atoms. The maximum absolute atomic E-state index is 10.9. The van der Waals surface area contributed by atoms with Crippen molar-refractivity contribution in [2.75, 3.05) is 6.61 Å². The Balaban J connectivity index is 2.46. The lowest BCUT2D eigenvalue weighted by molar-refractivity contribution is -0.131. The zero-order valence-corrected chi connectivity index (χ0v) is 5.96. The van der Waals surface area contributed by atoms with Gasteiger partial charge in [0.15, 0.2) is 0 Å². The van der Waals surface area contributed by atoms with E-state index < -0.39 is 0 Å². The van der Waals surface area contributed by atoms with Gasteiger partial charge < -0.3 is 4.74 Å². The smallest absolute Gasteiger partial charge is 0.263 e. The fourth-order valence-electron chi connectivity index (χ4n) is 1.11. The molecule has 0 aromatic carbocycles. The first-order valence-corrected chi connectivity index (χ1v) is 3.37. The molecule has 4 nitrogen and oxygen atoms in total. The summed E-state index contributed by atoms with van der Waals surface area (Å²) in [4.78, 5) is 10.9. The van der Waals surface area contributed by atoms with Gasteiger partial charge in [0.2, 0.25) is 0 Å². The molecule has 58 valence electrons. The van der Waals surface area contributed by atoms with Crippen LogP contribution < -0.4 is 11.3 Å². The molecular formula is C6H12N2O2. The minimum absolute atomic E-state index is 0.218. The number of hydrogen-bond acceptors (Lipinski definition) is 3. The molecule has 4 heteroatoms.